The van der Waals surface area contributed by atoms with E-state index in [1.54, 1.807) is 0 Å². The van der Waals surface area contributed by atoms with Crippen molar-refractivity contribution in [3.63, 3.8) is 0 Å². The topological polar surface area (TPSA) is 38.7 Å². The highest BCUT2D eigenvalue weighted by Gasteiger charge is 2.25. The Kier molecular flexibility index (Phi) is 5.86. The summed E-state index contributed by atoms with van der Waals surface area (Å²) < 4.78 is 0. The van der Waals surface area contributed by atoms with Crippen molar-refractivity contribution >= 4 is 0 Å². The second-order valence-electron chi connectivity index (χ2n) is 5.63. The lowest BCUT2D eigenvalue weighted by atomic mass is 9.98. The van der Waals surface area contributed by atoms with Gasteiger partial charge in [-0.3, -0.25) is 0 Å². The first kappa shape index (κ1) is 14.9. The predicted octanol–water partition coefficient (Wildman–Crippen LogP) is 0.373. The molecule has 0 radical (unpaired) electrons. The molecule has 0 saturated carbocycles. The number of hydrogen-bond acceptors (Lipinski definition) is 4. The van der Waals surface area contributed by atoms with Crippen LogP contribution < -0.4 is 5.32 Å². The van der Waals surface area contributed by atoms with Gasteiger partial charge < -0.3 is 20.2 Å². The largest absolute Gasteiger partial charge is 0.394 e. The Labute approximate surface area is 106 Å². The Morgan fingerprint density at radius 3 is 2.65 bits per heavy atom. The van der Waals surface area contributed by atoms with E-state index in [-0.39, 0.29) is 12.1 Å². The third-order valence-corrected chi connectivity index (χ3v) is 3.98. The molecule has 0 aromatic heterocycles. The van der Waals surface area contributed by atoms with Gasteiger partial charge in [0.25, 0.3) is 0 Å². The molecule has 4 nitrogen and oxygen atoms in total. The lowest BCUT2D eigenvalue weighted by molar-refractivity contribution is 0.0871. The van der Waals surface area contributed by atoms with Gasteiger partial charge in [0.15, 0.2) is 0 Å². The fourth-order valence-corrected chi connectivity index (χ4v) is 2.38. The molecule has 0 bridgehead atoms. The van der Waals surface area contributed by atoms with Crippen molar-refractivity contribution in [3.05, 3.63) is 0 Å². The minimum absolute atomic E-state index is 0.124. The Balaban J connectivity index is 2.34. The lowest BCUT2D eigenvalue weighted by Gasteiger charge is -2.39. The summed E-state index contributed by atoms with van der Waals surface area (Å²) in [5.41, 5.74) is -0.124. The smallest absolute Gasteiger partial charge is 0.0611 e. The molecule has 0 amide bonds. The lowest BCUT2D eigenvalue weighted by Crippen LogP contribution is -2.53. The van der Waals surface area contributed by atoms with Gasteiger partial charge in [-0.2, -0.15) is 0 Å². The van der Waals surface area contributed by atoms with E-state index >= 15 is 0 Å². The Morgan fingerprint density at radius 1 is 1.41 bits per heavy atom. The Morgan fingerprint density at radius 2 is 2.12 bits per heavy atom. The number of hydrogen-bond donors (Lipinski definition) is 2. The number of likely N-dealkylation sites (N-methyl/N-ethyl adjacent to an activating group) is 2. The molecule has 1 saturated heterocycles. The summed E-state index contributed by atoms with van der Waals surface area (Å²) in [7, 11) is 2.19. The number of rotatable bonds is 6. The van der Waals surface area contributed by atoms with Crippen LogP contribution in [0, 0.1) is 0 Å². The molecule has 1 aliphatic heterocycles. The van der Waals surface area contributed by atoms with Gasteiger partial charge in [-0.1, -0.05) is 6.92 Å². The van der Waals surface area contributed by atoms with Gasteiger partial charge >= 0.3 is 0 Å². The van der Waals surface area contributed by atoms with E-state index in [1.165, 1.54) is 0 Å². The molecule has 1 fully saturated rings. The van der Waals surface area contributed by atoms with Crippen LogP contribution in [0.1, 0.15) is 27.2 Å². The molecule has 2 unspecified atom stereocenters. The number of nitrogens with one attached hydrogen (secondary N) is 1. The van der Waals surface area contributed by atoms with Crippen LogP contribution in [0.25, 0.3) is 0 Å². The third kappa shape index (κ3) is 4.54. The fourth-order valence-electron chi connectivity index (χ4n) is 2.38. The van der Waals surface area contributed by atoms with E-state index < -0.39 is 0 Å². The van der Waals surface area contributed by atoms with Crippen molar-refractivity contribution in [2.45, 2.75) is 38.8 Å². The van der Waals surface area contributed by atoms with Gasteiger partial charge in [-0.25, -0.2) is 0 Å². The first-order valence-corrected chi connectivity index (χ1v) is 6.79. The first-order chi connectivity index (χ1) is 8.00. The zero-order chi connectivity index (χ0) is 12.9. The van der Waals surface area contributed by atoms with Crippen molar-refractivity contribution in [2.75, 3.05) is 46.4 Å². The second-order valence-corrected chi connectivity index (χ2v) is 5.63. The molecule has 1 heterocycles. The van der Waals surface area contributed by atoms with Gasteiger partial charge in [0.2, 0.25) is 0 Å². The molecular weight excluding hydrogens is 214 g/mol. The highest BCUT2D eigenvalue weighted by atomic mass is 16.3. The molecule has 2 atom stereocenters. The van der Waals surface area contributed by atoms with E-state index in [2.05, 4.69) is 42.9 Å². The molecule has 0 spiro atoms. The molecule has 2 N–H and O–H groups in total. The summed E-state index contributed by atoms with van der Waals surface area (Å²) in [4.78, 5) is 4.92. The highest BCUT2D eigenvalue weighted by molar-refractivity contribution is 4.85. The van der Waals surface area contributed by atoms with Gasteiger partial charge in [0, 0.05) is 37.8 Å². The zero-order valence-corrected chi connectivity index (χ0v) is 11.9. The van der Waals surface area contributed by atoms with Crippen molar-refractivity contribution in [2.24, 2.45) is 0 Å². The van der Waals surface area contributed by atoms with Crippen LogP contribution in [0.5, 0.6) is 0 Å². The van der Waals surface area contributed by atoms with E-state index in [0.717, 1.165) is 39.1 Å². The van der Waals surface area contributed by atoms with Crippen LogP contribution in [0.3, 0.4) is 0 Å². The number of aliphatic hydroxyl groups excluding tert-OH is 1. The molecule has 102 valence electrons. The molecule has 4 heteroatoms. The van der Waals surface area contributed by atoms with Crippen LogP contribution in [0.2, 0.25) is 0 Å². The van der Waals surface area contributed by atoms with Crippen molar-refractivity contribution in [1.82, 2.24) is 15.1 Å². The number of aliphatic hydroxyl groups is 1. The summed E-state index contributed by atoms with van der Waals surface area (Å²) in [5, 5.41) is 12.8. The molecular formula is C13H29N3O. The summed E-state index contributed by atoms with van der Waals surface area (Å²) in [5.74, 6) is 0. The monoisotopic (exact) mass is 243 g/mol. The summed E-state index contributed by atoms with van der Waals surface area (Å²) >= 11 is 0. The van der Waals surface area contributed by atoms with Crippen LogP contribution >= 0.6 is 0 Å². The minimum Gasteiger partial charge on any atom is -0.394 e. The van der Waals surface area contributed by atoms with Crippen molar-refractivity contribution < 1.29 is 5.11 Å². The van der Waals surface area contributed by atoms with E-state index in [1.807, 2.05) is 0 Å². The zero-order valence-electron chi connectivity index (χ0n) is 11.9. The summed E-state index contributed by atoms with van der Waals surface area (Å²) in [6, 6.07) is 0.642. The van der Waals surface area contributed by atoms with Crippen LogP contribution in [0.15, 0.2) is 0 Å². The normalized spacial score (nSPS) is 27.0. The fraction of sp³-hybridized carbons (Fsp3) is 1.00. The van der Waals surface area contributed by atoms with Crippen LogP contribution in [-0.4, -0.2) is 72.9 Å². The number of nitrogens with zero attached hydrogens (tertiary/aromatic N) is 2. The average molecular weight is 243 g/mol. The van der Waals surface area contributed by atoms with Crippen molar-refractivity contribution in [1.29, 1.82) is 0 Å². The molecule has 1 aliphatic rings. The van der Waals surface area contributed by atoms with Crippen LogP contribution in [-0.2, 0) is 0 Å². The summed E-state index contributed by atoms with van der Waals surface area (Å²) in [6.45, 7) is 12.1. The van der Waals surface area contributed by atoms with Gasteiger partial charge in [-0.05, 0) is 33.9 Å². The van der Waals surface area contributed by atoms with Crippen molar-refractivity contribution in [3.8, 4) is 0 Å². The molecule has 0 aromatic rings. The maximum atomic E-state index is 9.45. The Bertz CT molecular complexity index is 225. The van der Waals surface area contributed by atoms with Gasteiger partial charge in [0.05, 0.1) is 6.61 Å². The van der Waals surface area contributed by atoms with E-state index in [9.17, 15) is 5.11 Å². The number of piperazine rings is 1. The van der Waals surface area contributed by atoms with E-state index in [0.29, 0.717) is 6.04 Å². The highest BCUT2D eigenvalue weighted by Crippen LogP contribution is 2.13. The predicted molar refractivity (Wildman–Crippen MR) is 72.3 cm³/mol. The summed E-state index contributed by atoms with van der Waals surface area (Å²) in [6.07, 6.45) is 1.01. The third-order valence-electron chi connectivity index (χ3n) is 3.98. The molecule has 17 heavy (non-hydrogen) atoms. The first-order valence-electron chi connectivity index (χ1n) is 6.79. The molecule has 0 aromatic carbocycles. The van der Waals surface area contributed by atoms with E-state index in [4.69, 9.17) is 0 Å². The maximum Gasteiger partial charge on any atom is 0.0611 e. The standard InChI is InChI=1S/C13H29N3O/c1-5-14-13(3,11-17)6-7-16-9-8-15(4)12(2)10-16/h12,14,17H,5-11H2,1-4H3. The average Bonchev–Trinajstić information content (AvgIpc) is 2.31. The SMILES string of the molecule is CCNC(C)(CO)CCN1CCN(C)C(C)C1. The van der Waals surface area contributed by atoms with Gasteiger partial charge in [-0.15, -0.1) is 0 Å². The minimum atomic E-state index is -0.124. The van der Waals surface area contributed by atoms with Gasteiger partial charge in [0.1, 0.15) is 0 Å². The quantitative estimate of drug-likeness (QED) is 0.707. The molecule has 1 rings (SSSR count). The Hall–Kier alpha value is -0.160. The molecule has 0 aliphatic carbocycles. The van der Waals surface area contributed by atoms with Crippen LogP contribution in [0.4, 0.5) is 0 Å². The maximum absolute atomic E-state index is 9.45. The second kappa shape index (κ2) is 6.69.